The van der Waals surface area contributed by atoms with E-state index in [9.17, 15) is 14.9 Å². The molecule has 0 fully saturated rings. The minimum Gasteiger partial charge on any atom is -0.322 e. The van der Waals surface area contributed by atoms with Crippen LogP contribution in [0.1, 0.15) is 15.9 Å². The van der Waals surface area contributed by atoms with Crippen molar-refractivity contribution >= 4 is 38.8 Å². The number of benzene rings is 3. The first-order valence-corrected chi connectivity index (χ1v) is 9.35. The lowest BCUT2D eigenvalue weighted by Gasteiger charge is -2.10. The summed E-state index contributed by atoms with van der Waals surface area (Å²) in [4.78, 5) is 27.5. The monoisotopic (exact) mass is 389 g/mol. The number of nitrogens with one attached hydrogen (secondary N) is 1. The van der Waals surface area contributed by atoms with Crippen LogP contribution in [-0.2, 0) is 0 Å². The van der Waals surface area contributed by atoms with E-state index in [-0.39, 0.29) is 11.6 Å². The molecule has 0 saturated heterocycles. The summed E-state index contributed by atoms with van der Waals surface area (Å²) < 4.78 is 1.11. The van der Waals surface area contributed by atoms with Crippen LogP contribution in [0, 0.1) is 17.0 Å². The number of non-ortho nitro benzene ring substituents is 1. The van der Waals surface area contributed by atoms with E-state index in [4.69, 9.17) is 0 Å². The molecule has 6 nitrogen and oxygen atoms in total. The topological polar surface area (TPSA) is 85.1 Å². The fourth-order valence-electron chi connectivity index (χ4n) is 2.81. The molecule has 138 valence electrons. The van der Waals surface area contributed by atoms with Crippen LogP contribution in [0.25, 0.3) is 20.8 Å². The Morgan fingerprint density at radius 1 is 1.07 bits per heavy atom. The maximum atomic E-state index is 12.5. The molecule has 0 aliphatic rings. The number of hydrogen-bond donors (Lipinski definition) is 1. The lowest BCUT2D eigenvalue weighted by molar-refractivity contribution is -0.384. The lowest BCUT2D eigenvalue weighted by atomic mass is 10.1. The van der Waals surface area contributed by atoms with E-state index in [1.54, 1.807) is 11.3 Å². The van der Waals surface area contributed by atoms with Crippen LogP contribution in [0.2, 0.25) is 0 Å². The van der Waals surface area contributed by atoms with E-state index < -0.39 is 4.92 Å². The van der Waals surface area contributed by atoms with Gasteiger partial charge in [0.1, 0.15) is 5.01 Å². The van der Waals surface area contributed by atoms with Gasteiger partial charge in [0.25, 0.3) is 11.6 Å². The van der Waals surface area contributed by atoms with Gasteiger partial charge in [-0.1, -0.05) is 24.3 Å². The smallest absolute Gasteiger partial charge is 0.269 e. The SMILES string of the molecule is Cc1ccc(-c2nc3ccccc3s2)cc1NC(=O)c1ccc([N+](=O)[O-])cc1. The quantitative estimate of drug-likeness (QED) is 0.372. The van der Waals surface area contributed by atoms with Gasteiger partial charge in [-0.05, 0) is 42.8 Å². The highest BCUT2D eigenvalue weighted by atomic mass is 32.1. The van der Waals surface area contributed by atoms with Gasteiger partial charge in [-0.2, -0.15) is 0 Å². The molecule has 0 bridgehead atoms. The maximum absolute atomic E-state index is 12.5. The highest BCUT2D eigenvalue weighted by molar-refractivity contribution is 7.21. The zero-order valence-corrected chi connectivity index (χ0v) is 15.7. The summed E-state index contributed by atoms with van der Waals surface area (Å²) >= 11 is 1.60. The van der Waals surface area contributed by atoms with Gasteiger partial charge >= 0.3 is 0 Å². The standard InChI is InChI=1S/C21H15N3O3S/c1-13-6-7-15(21-23-17-4-2-3-5-19(17)28-21)12-18(13)22-20(25)14-8-10-16(11-9-14)24(26)27/h2-12H,1H3,(H,22,25). The van der Waals surface area contributed by atoms with E-state index in [1.165, 1.54) is 24.3 Å². The molecule has 0 atom stereocenters. The molecule has 7 heteroatoms. The number of hydrogen-bond acceptors (Lipinski definition) is 5. The van der Waals surface area contributed by atoms with Crippen molar-refractivity contribution in [2.45, 2.75) is 6.92 Å². The molecule has 0 aliphatic heterocycles. The maximum Gasteiger partial charge on any atom is 0.269 e. The van der Waals surface area contributed by atoms with Crippen LogP contribution in [0.5, 0.6) is 0 Å². The first kappa shape index (κ1) is 17.8. The number of anilines is 1. The molecule has 0 unspecified atom stereocenters. The Morgan fingerprint density at radius 2 is 1.82 bits per heavy atom. The Kier molecular flexibility index (Phi) is 4.58. The van der Waals surface area contributed by atoms with Crippen molar-refractivity contribution in [1.82, 2.24) is 4.98 Å². The van der Waals surface area contributed by atoms with Gasteiger partial charge in [0.05, 0.1) is 15.1 Å². The third kappa shape index (κ3) is 3.47. The molecule has 28 heavy (non-hydrogen) atoms. The van der Waals surface area contributed by atoms with Crippen LogP contribution < -0.4 is 5.32 Å². The van der Waals surface area contributed by atoms with Gasteiger partial charge < -0.3 is 5.32 Å². The number of nitro benzene ring substituents is 1. The molecule has 0 aliphatic carbocycles. The van der Waals surface area contributed by atoms with Crippen molar-refractivity contribution in [2.24, 2.45) is 0 Å². The molecule has 1 heterocycles. The normalized spacial score (nSPS) is 10.8. The van der Waals surface area contributed by atoms with Crippen molar-refractivity contribution in [3.05, 3.63) is 88.0 Å². The number of aryl methyl sites for hydroxylation is 1. The summed E-state index contributed by atoms with van der Waals surface area (Å²) in [6.07, 6.45) is 0. The van der Waals surface area contributed by atoms with Gasteiger partial charge in [-0.25, -0.2) is 4.98 Å². The Morgan fingerprint density at radius 3 is 2.54 bits per heavy atom. The lowest BCUT2D eigenvalue weighted by Crippen LogP contribution is -2.12. The summed E-state index contributed by atoms with van der Waals surface area (Å²) in [6.45, 7) is 1.91. The van der Waals surface area contributed by atoms with Crippen LogP contribution in [0.4, 0.5) is 11.4 Å². The largest absolute Gasteiger partial charge is 0.322 e. The molecule has 1 N–H and O–H groups in total. The number of nitro groups is 1. The summed E-state index contributed by atoms with van der Waals surface area (Å²) in [7, 11) is 0. The highest BCUT2D eigenvalue weighted by Crippen LogP contribution is 2.32. The number of aromatic nitrogens is 1. The molecule has 4 aromatic rings. The van der Waals surface area contributed by atoms with Gasteiger partial charge in [-0.3, -0.25) is 14.9 Å². The molecule has 3 aromatic carbocycles. The highest BCUT2D eigenvalue weighted by Gasteiger charge is 2.13. The Labute approximate surface area is 164 Å². The number of thiazole rings is 1. The third-order valence-electron chi connectivity index (χ3n) is 4.37. The first-order valence-electron chi connectivity index (χ1n) is 8.54. The van der Waals surface area contributed by atoms with Gasteiger partial charge in [0.15, 0.2) is 0 Å². The van der Waals surface area contributed by atoms with E-state index in [0.717, 1.165) is 26.4 Å². The molecule has 0 saturated carbocycles. The number of carbonyl (C=O) groups is 1. The van der Waals surface area contributed by atoms with Crippen LogP contribution in [-0.4, -0.2) is 15.8 Å². The fourth-order valence-corrected chi connectivity index (χ4v) is 3.78. The Balaban J connectivity index is 1.61. The van der Waals surface area contributed by atoms with Crippen molar-refractivity contribution in [2.75, 3.05) is 5.32 Å². The molecular weight excluding hydrogens is 374 g/mol. The summed E-state index contributed by atoms with van der Waals surface area (Å²) in [5, 5.41) is 14.5. The third-order valence-corrected chi connectivity index (χ3v) is 5.45. The van der Waals surface area contributed by atoms with Crippen LogP contribution in [0.3, 0.4) is 0 Å². The van der Waals surface area contributed by atoms with E-state index in [1.807, 2.05) is 49.4 Å². The number of amides is 1. The fraction of sp³-hybridized carbons (Fsp3) is 0.0476. The van der Waals surface area contributed by atoms with Gasteiger partial charge in [0, 0.05) is 28.9 Å². The van der Waals surface area contributed by atoms with Gasteiger partial charge in [0.2, 0.25) is 0 Å². The predicted molar refractivity (Wildman–Crippen MR) is 111 cm³/mol. The second-order valence-corrected chi connectivity index (χ2v) is 7.31. The molecule has 1 amide bonds. The number of fused-ring (bicyclic) bond motifs is 1. The average Bonchev–Trinajstić information content (AvgIpc) is 3.14. The minimum atomic E-state index is -0.493. The number of rotatable bonds is 4. The van der Waals surface area contributed by atoms with E-state index in [2.05, 4.69) is 10.3 Å². The average molecular weight is 389 g/mol. The molecule has 0 spiro atoms. The van der Waals surface area contributed by atoms with E-state index in [0.29, 0.717) is 11.3 Å². The Bertz CT molecular complexity index is 1170. The summed E-state index contributed by atoms with van der Waals surface area (Å²) in [5.41, 5.74) is 3.77. The van der Waals surface area contributed by atoms with Crippen molar-refractivity contribution < 1.29 is 9.72 Å². The summed E-state index contributed by atoms with van der Waals surface area (Å²) in [6, 6.07) is 19.3. The minimum absolute atomic E-state index is 0.0504. The molecular formula is C21H15N3O3S. The number of carbonyl (C=O) groups excluding carboxylic acids is 1. The Hall–Kier alpha value is -3.58. The van der Waals surface area contributed by atoms with Crippen LogP contribution >= 0.6 is 11.3 Å². The van der Waals surface area contributed by atoms with Gasteiger partial charge in [-0.15, -0.1) is 11.3 Å². The van der Waals surface area contributed by atoms with Crippen molar-refractivity contribution in [1.29, 1.82) is 0 Å². The van der Waals surface area contributed by atoms with E-state index >= 15 is 0 Å². The zero-order valence-electron chi connectivity index (χ0n) is 14.9. The predicted octanol–water partition coefficient (Wildman–Crippen LogP) is 5.43. The van der Waals surface area contributed by atoms with Crippen LogP contribution in [0.15, 0.2) is 66.7 Å². The summed E-state index contributed by atoms with van der Waals surface area (Å²) in [5.74, 6) is -0.320. The number of para-hydroxylation sites is 1. The molecule has 0 radical (unpaired) electrons. The zero-order chi connectivity index (χ0) is 19.7. The number of nitrogens with zero attached hydrogens (tertiary/aromatic N) is 2. The first-order chi connectivity index (χ1) is 13.5. The second-order valence-electron chi connectivity index (χ2n) is 6.27. The molecule has 4 rings (SSSR count). The second kappa shape index (κ2) is 7.21. The van der Waals surface area contributed by atoms with Crippen molar-refractivity contribution in [3.8, 4) is 10.6 Å². The molecule has 1 aromatic heterocycles. The van der Waals surface area contributed by atoms with Crippen molar-refractivity contribution in [3.63, 3.8) is 0 Å².